The number of carbonyl (C=O) groups is 3. The lowest BCUT2D eigenvalue weighted by atomic mass is 9.84. The number of nitrogens with one attached hydrogen (secondary N) is 2. The first-order valence-electron chi connectivity index (χ1n) is 13.8. The number of hydrogen-bond acceptors (Lipinski definition) is 8. The molecule has 16 heteroatoms. The van der Waals surface area contributed by atoms with E-state index in [4.69, 9.17) is 16.3 Å². The second-order valence-corrected chi connectivity index (χ2v) is 13.8. The summed E-state index contributed by atoms with van der Waals surface area (Å²) in [7, 11) is -4.25. The number of amides is 3. The van der Waals surface area contributed by atoms with E-state index in [-0.39, 0.29) is 52.9 Å². The summed E-state index contributed by atoms with van der Waals surface area (Å²) in [6.07, 6.45) is -3.42. The van der Waals surface area contributed by atoms with E-state index >= 15 is 0 Å². The van der Waals surface area contributed by atoms with Crippen molar-refractivity contribution >= 4 is 39.3 Å². The minimum absolute atomic E-state index is 0.0188. The molecular formula is C27H32ClF3N4O7S. The third kappa shape index (κ3) is 8.44. The van der Waals surface area contributed by atoms with Gasteiger partial charge in [-0.15, -0.1) is 0 Å². The molecule has 0 aromatic heterocycles. The molecule has 2 atom stereocenters. The van der Waals surface area contributed by atoms with Crippen LogP contribution in [-0.4, -0.2) is 73.6 Å². The third-order valence-electron chi connectivity index (χ3n) is 7.85. The van der Waals surface area contributed by atoms with Gasteiger partial charge in [0.05, 0.1) is 21.2 Å². The molecule has 0 bridgehead atoms. The normalized spacial score (nSPS) is 24.9. The van der Waals surface area contributed by atoms with E-state index in [9.17, 15) is 41.2 Å². The zero-order chi connectivity index (χ0) is 31.6. The van der Waals surface area contributed by atoms with E-state index in [2.05, 4.69) is 15.4 Å². The highest BCUT2D eigenvalue weighted by Gasteiger charge is 2.48. The molecule has 236 valence electrons. The van der Waals surface area contributed by atoms with Gasteiger partial charge < -0.3 is 25.0 Å². The van der Waals surface area contributed by atoms with Crippen LogP contribution in [0.1, 0.15) is 58.3 Å². The molecule has 3 aliphatic rings. The Balaban J connectivity index is 1.48. The third-order valence-corrected chi connectivity index (χ3v) is 10.5. The van der Waals surface area contributed by atoms with Crippen LogP contribution in [0.25, 0.3) is 0 Å². The molecule has 2 aliphatic carbocycles. The molecule has 1 saturated heterocycles. The van der Waals surface area contributed by atoms with Crippen LogP contribution in [0.5, 0.6) is 5.75 Å². The summed E-state index contributed by atoms with van der Waals surface area (Å²) < 4.78 is 74.9. The van der Waals surface area contributed by atoms with Crippen LogP contribution in [0.2, 0.25) is 5.02 Å². The molecule has 1 aromatic carbocycles. The van der Waals surface area contributed by atoms with Crippen molar-refractivity contribution in [2.45, 2.75) is 92.4 Å². The fraction of sp³-hybridized carbons (Fsp3) is 0.630. The Morgan fingerprint density at radius 2 is 1.86 bits per heavy atom. The van der Waals surface area contributed by atoms with Gasteiger partial charge >= 0.3 is 12.3 Å². The quantitative estimate of drug-likeness (QED) is 0.409. The number of rotatable bonds is 9. The first-order chi connectivity index (χ1) is 20.1. The zero-order valence-corrected chi connectivity index (χ0v) is 24.9. The average molecular weight is 649 g/mol. The number of ether oxygens (including phenoxy) is 2. The monoisotopic (exact) mass is 648 g/mol. The highest BCUT2D eigenvalue weighted by atomic mass is 35.5. The van der Waals surface area contributed by atoms with Crippen molar-refractivity contribution in [2.24, 2.45) is 5.92 Å². The largest absolute Gasteiger partial charge is 0.484 e. The van der Waals surface area contributed by atoms with E-state index in [1.54, 1.807) is 0 Å². The molecule has 4 rings (SSSR count). The Morgan fingerprint density at radius 3 is 2.42 bits per heavy atom. The lowest BCUT2D eigenvalue weighted by Gasteiger charge is -2.31. The molecule has 0 spiro atoms. The number of halogens is 4. The maximum Gasteiger partial charge on any atom is 0.422 e. The van der Waals surface area contributed by atoms with E-state index in [0.29, 0.717) is 38.5 Å². The van der Waals surface area contributed by atoms with Crippen molar-refractivity contribution in [3.8, 4) is 11.8 Å². The van der Waals surface area contributed by atoms with Crippen LogP contribution >= 0.6 is 11.6 Å². The molecule has 1 heterocycles. The molecule has 0 radical (unpaired) electrons. The molecule has 1 aliphatic heterocycles. The number of nitriles is 1. The summed E-state index contributed by atoms with van der Waals surface area (Å²) in [5.41, 5.74) is -1.05. The minimum atomic E-state index is -4.60. The summed E-state index contributed by atoms with van der Waals surface area (Å²) >= 11 is 6.16. The molecule has 43 heavy (non-hydrogen) atoms. The first-order valence-corrected chi connectivity index (χ1v) is 15.7. The van der Waals surface area contributed by atoms with Crippen molar-refractivity contribution in [1.82, 2.24) is 15.5 Å². The second-order valence-electron chi connectivity index (χ2n) is 11.2. The van der Waals surface area contributed by atoms with Crippen LogP contribution in [-0.2, 0) is 24.2 Å². The van der Waals surface area contributed by atoms with Gasteiger partial charge in [-0.05, 0) is 56.6 Å². The highest BCUT2D eigenvalue weighted by Crippen LogP contribution is 2.37. The molecule has 3 amide bonds. The smallest absolute Gasteiger partial charge is 0.422 e. The average Bonchev–Trinajstić information content (AvgIpc) is 3.55. The number of nitrogens with zero attached hydrogens (tertiary/aromatic N) is 2. The summed E-state index contributed by atoms with van der Waals surface area (Å²) in [5, 5.41) is 13.0. The molecule has 1 aromatic rings. The number of hydrogen-bond donors (Lipinski definition) is 2. The van der Waals surface area contributed by atoms with E-state index < -0.39 is 51.6 Å². The lowest BCUT2D eigenvalue weighted by molar-refractivity contribution is -0.153. The van der Waals surface area contributed by atoms with Crippen LogP contribution < -0.4 is 15.4 Å². The second kappa shape index (κ2) is 12.8. The van der Waals surface area contributed by atoms with Gasteiger partial charge in [0.1, 0.15) is 11.3 Å². The SMILES string of the molecule is CC(=O)NC1CCC(CC(=O)N2C[C@H](S(=O)(=O)c3ccc(OCC(F)(F)F)cc3Cl)C[C@@H]2OC(=O)NC2(C#N)CC2)CC1. The number of carbonyl (C=O) groups excluding carboxylic acids is 3. The van der Waals surface area contributed by atoms with Gasteiger partial charge in [0, 0.05) is 38.4 Å². The fourth-order valence-electron chi connectivity index (χ4n) is 5.41. The van der Waals surface area contributed by atoms with Gasteiger partial charge in [-0.2, -0.15) is 18.4 Å². The predicted molar refractivity (Wildman–Crippen MR) is 145 cm³/mol. The van der Waals surface area contributed by atoms with Crippen molar-refractivity contribution in [2.75, 3.05) is 13.2 Å². The number of alkyl halides is 3. The van der Waals surface area contributed by atoms with Gasteiger partial charge in [0.2, 0.25) is 11.8 Å². The fourth-order valence-corrected chi connectivity index (χ4v) is 7.63. The maximum absolute atomic E-state index is 13.6. The zero-order valence-electron chi connectivity index (χ0n) is 23.3. The number of benzene rings is 1. The van der Waals surface area contributed by atoms with Gasteiger partial charge in [-0.1, -0.05) is 11.6 Å². The van der Waals surface area contributed by atoms with Crippen molar-refractivity contribution in [3.63, 3.8) is 0 Å². The van der Waals surface area contributed by atoms with Crippen LogP contribution in [0, 0.1) is 17.2 Å². The Bertz CT molecular complexity index is 1390. The van der Waals surface area contributed by atoms with Gasteiger partial charge in [0.15, 0.2) is 22.7 Å². The number of alkyl carbamates (subject to hydrolysis) is 1. The van der Waals surface area contributed by atoms with Crippen LogP contribution in [0.4, 0.5) is 18.0 Å². The highest BCUT2D eigenvalue weighted by molar-refractivity contribution is 7.92. The summed E-state index contributed by atoms with van der Waals surface area (Å²) in [4.78, 5) is 38.3. The van der Waals surface area contributed by atoms with Crippen molar-refractivity contribution in [3.05, 3.63) is 23.2 Å². The van der Waals surface area contributed by atoms with Gasteiger partial charge in [-0.25, -0.2) is 13.2 Å². The summed E-state index contributed by atoms with van der Waals surface area (Å²) in [5.74, 6) is -0.839. The van der Waals surface area contributed by atoms with Crippen molar-refractivity contribution in [1.29, 1.82) is 5.26 Å². The topological polar surface area (TPSA) is 155 Å². The standard InChI is InChI=1S/C27H32ClF3N4O7S/c1-16(36)33-18-4-2-17(3-5-18)10-23(37)35-13-20(12-24(35)42-25(38)34-26(14-32)8-9-26)43(39,40)22-7-6-19(11-21(22)28)41-15-27(29,30)31/h6-7,11,17-18,20,24H,2-5,8-10,12-13,15H2,1H3,(H,33,36)(H,34,38)/t17?,18?,20-,24+/m1/s1. The first kappa shape index (κ1) is 32.7. The molecule has 11 nitrogen and oxygen atoms in total. The Hall–Kier alpha value is -3.25. The Morgan fingerprint density at radius 1 is 1.19 bits per heavy atom. The molecule has 0 unspecified atom stereocenters. The van der Waals surface area contributed by atoms with E-state index in [0.717, 1.165) is 18.2 Å². The van der Waals surface area contributed by atoms with Gasteiger partial charge in [0.25, 0.3) is 0 Å². The number of likely N-dealkylation sites (tertiary alicyclic amines) is 1. The minimum Gasteiger partial charge on any atom is -0.484 e. The molecular weight excluding hydrogens is 617 g/mol. The van der Waals surface area contributed by atoms with Crippen molar-refractivity contribution < 1.29 is 45.4 Å². The Labute approximate surface area is 251 Å². The van der Waals surface area contributed by atoms with Crippen LogP contribution in [0.3, 0.4) is 0 Å². The number of sulfone groups is 1. The lowest BCUT2D eigenvalue weighted by Crippen LogP contribution is -2.44. The molecule has 3 fully saturated rings. The molecule has 2 N–H and O–H groups in total. The van der Waals surface area contributed by atoms with Crippen LogP contribution in [0.15, 0.2) is 23.1 Å². The molecule has 2 saturated carbocycles. The van der Waals surface area contributed by atoms with Gasteiger partial charge in [-0.3, -0.25) is 9.59 Å². The summed E-state index contributed by atoms with van der Waals surface area (Å²) in [6, 6.07) is 5.07. The van der Waals surface area contributed by atoms with E-state index in [1.807, 2.05) is 6.07 Å². The predicted octanol–water partition coefficient (Wildman–Crippen LogP) is 3.85. The van der Waals surface area contributed by atoms with E-state index in [1.165, 1.54) is 11.8 Å². The Kier molecular flexibility index (Phi) is 9.70. The summed E-state index contributed by atoms with van der Waals surface area (Å²) in [6.45, 7) is -0.459. The maximum atomic E-state index is 13.6.